The van der Waals surface area contributed by atoms with Gasteiger partial charge in [-0.2, -0.15) is 0 Å². The summed E-state index contributed by atoms with van der Waals surface area (Å²) in [6.45, 7) is 7.35. The molecule has 0 radical (unpaired) electrons. The highest BCUT2D eigenvalue weighted by Crippen LogP contribution is 2.32. The molecule has 6 atom stereocenters. The number of aromatic hydroxyl groups is 1. The molecule has 0 aliphatic carbocycles. The van der Waals surface area contributed by atoms with Crippen molar-refractivity contribution in [2.75, 3.05) is 55.1 Å². The Morgan fingerprint density at radius 2 is 0.852 bits per heavy atom. The third-order valence-electron chi connectivity index (χ3n) is 19.3. The largest absolute Gasteiger partial charge is 0.502 e. The molecular weight excluding hydrogens is 1540 g/mol. The Morgan fingerprint density at radius 1 is 0.496 bits per heavy atom. The van der Waals surface area contributed by atoms with Crippen LogP contribution in [0, 0.1) is 52.4 Å². The first kappa shape index (κ1) is 82.6. The smallest absolute Gasteiger partial charge is 0.278 e. The Bertz CT molecular complexity index is 5350. The Hall–Kier alpha value is -13.3. The van der Waals surface area contributed by atoms with E-state index in [9.17, 15) is 101 Å². The molecule has 5 aliphatic rings. The van der Waals surface area contributed by atoms with Crippen molar-refractivity contribution < 1.29 is 96.0 Å². The number of aromatic nitrogens is 3. The van der Waals surface area contributed by atoms with E-state index in [2.05, 4.69) is 29.1 Å². The van der Waals surface area contributed by atoms with E-state index in [4.69, 9.17) is 9.47 Å². The van der Waals surface area contributed by atoms with E-state index in [1.165, 1.54) is 36.3 Å². The number of carbonyl (C=O) groups is 6. The van der Waals surface area contributed by atoms with Gasteiger partial charge in [0, 0.05) is 91.3 Å². The summed E-state index contributed by atoms with van der Waals surface area (Å²) >= 11 is 0. The number of nitrogens with one attached hydrogen (secondary N) is 3. The highest BCUT2D eigenvalue weighted by Gasteiger charge is 2.44. The molecule has 8 heterocycles. The van der Waals surface area contributed by atoms with Crippen LogP contribution in [0.3, 0.4) is 0 Å². The van der Waals surface area contributed by atoms with E-state index in [0.717, 1.165) is 28.2 Å². The third kappa shape index (κ3) is 17.1. The Balaban J connectivity index is 0.000000171. The van der Waals surface area contributed by atoms with Gasteiger partial charge in [-0.25, -0.2) is 52.7 Å². The first-order valence-electron chi connectivity index (χ1n) is 35.1. The highest BCUT2D eigenvalue weighted by atomic mass is 19.2. The van der Waals surface area contributed by atoms with Gasteiger partial charge in [-0.05, 0) is 31.9 Å². The number of pyridine rings is 3. The van der Waals surface area contributed by atoms with Gasteiger partial charge in [0.2, 0.25) is 16.3 Å². The Kier molecular flexibility index (Phi) is 25.3. The van der Waals surface area contributed by atoms with Gasteiger partial charge in [-0.1, -0.05) is 97.1 Å². The van der Waals surface area contributed by atoms with Crippen LogP contribution in [-0.4, -0.2) is 146 Å². The summed E-state index contributed by atoms with van der Waals surface area (Å²) in [6, 6.07) is 16.2. The second kappa shape index (κ2) is 35.2. The maximum absolute atomic E-state index is 14.2. The molecule has 0 fully saturated rings. The van der Waals surface area contributed by atoms with Crippen molar-refractivity contribution in [1.82, 2.24) is 44.7 Å². The van der Waals surface area contributed by atoms with Gasteiger partial charge in [0.05, 0.1) is 36.3 Å². The number of hydrogen-bond donors (Lipinski definition) is 4. The fourth-order valence-electron chi connectivity index (χ4n) is 12.8. The van der Waals surface area contributed by atoms with Crippen molar-refractivity contribution in [3.8, 4) is 17.2 Å². The average Bonchev–Trinajstić information content (AvgIpc) is 1.70. The zero-order valence-corrected chi connectivity index (χ0v) is 61.1. The van der Waals surface area contributed by atoms with Crippen LogP contribution in [0.2, 0.25) is 0 Å². The van der Waals surface area contributed by atoms with Crippen LogP contribution >= 0.6 is 0 Å². The van der Waals surface area contributed by atoms with Gasteiger partial charge >= 0.3 is 0 Å². The number of hydrogen-bond acceptors (Lipinski definition) is 15. The molecule has 0 saturated carbocycles. The number of halogens is 12. The minimum atomic E-state index is -1.23. The Labute approximate surface area is 645 Å². The van der Waals surface area contributed by atoms with Gasteiger partial charge in [0.25, 0.3) is 35.4 Å². The molecule has 602 valence electrons. The molecule has 36 heteroatoms. The summed E-state index contributed by atoms with van der Waals surface area (Å²) in [4.78, 5) is 123. The molecular formula is C79H70F12N12O12. The standard InChI is InChI=1S/C30H28F4N4O4.C28H24F4N4O4.C21H18F4N4O4/c1-4-18(3)38-17-36(21(5-2)13-31)30(41)26-28(42-16-19-9-7-6-8-10-19)27(39)23(15-37(26)38)29(40)35-14-22-24(33)11-20(32)12-25(22)34;1-16-7-8-19(11-29)34-15-36(16)35-13-21(27(38)33-12-20-22(31)9-18(30)10-23(20)32)25(37)26(24(35)28(34)39)40-14-17-5-3-2-4-6-17;1-10-2-3-12(6-22)27-9-29(10)28-8-14(18(30)19(31)17(28)21(27)33)20(32)26-7-13-15(24)4-11(23)5-16(13)25/h4-12,15,18,21H,1-2,13-14,16-17H2,3H3,(H,35,40);2-10,13,16,19H,11-12,14-15H2,1H3,(H,33,38);2-5,8,10,12,31H,6-7,9H2,1H3,(H,26,32)/t18?,21-;16-,19-;10-,12-/m111/s1. The normalized spacial score (nSPS) is 16.9. The number of carbonyl (C=O) groups excluding carboxylic acids is 6. The summed E-state index contributed by atoms with van der Waals surface area (Å²) in [5.74, 6) is -17.9. The molecule has 115 heavy (non-hydrogen) atoms. The quantitative estimate of drug-likeness (QED) is 0.0364. The zero-order valence-electron chi connectivity index (χ0n) is 61.1. The molecule has 5 aromatic carbocycles. The summed E-state index contributed by atoms with van der Waals surface area (Å²) in [7, 11) is 0. The molecule has 0 saturated heterocycles. The van der Waals surface area contributed by atoms with Crippen molar-refractivity contribution >= 4 is 35.4 Å². The predicted octanol–water partition coefficient (Wildman–Crippen LogP) is 9.20. The van der Waals surface area contributed by atoms with Crippen molar-refractivity contribution in [1.29, 1.82) is 0 Å². The second-order valence-electron chi connectivity index (χ2n) is 26.5. The maximum Gasteiger partial charge on any atom is 0.278 e. The maximum atomic E-state index is 14.2. The SMILES string of the molecule is C=CC(C)N1CN([C@H](C=C)CF)C(=O)c2c(OCc3ccccc3)c(=O)c(C(=O)NCc3c(F)cc(F)cc3F)cn21.C[C@@H]1C=C[C@H](CF)N2CN1n1cc(C(=O)NCc3c(F)cc(F)cc3F)c(=O)c(O)c1C2=O.C[C@@H]1C=C[C@H](CF)N2CN1n1cc(C(=O)NCc3c(F)cc(F)cc3F)c(=O)c(OCc3ccccc3)c1C2=O. The number of benzene rings is 5. The van der Waals surface area contributed by atoms with Gasteiger partial charge in [0.15, 0.2) is 34.3 Å². The zero-order chi connectivity index (χ0) is 83.1. The highest BCUT2D eigenvalue weighted by molar-refractivity contribution is 6.02. The minimum absolute atomic E-state index is 0.0390. The first-order valence-corrected chi connectivity index (χ1v) is 35.1. The number of alkyl halides is 3. The summed E-state index contributed by atoms with van der Waals surface area (Å²) in [5.41, 5.74) is -6.05. The molecule has 13 rings (SSSR count). The van der Waals surface area contributed by atoms with Gasteiger partial charge in [0.1, 0.15) is 122 Å². The van der Waals surface area contributed by atoms with Crippen LogP contribution in [0.1, 0.15) is 111 Å². The lowest BCUT2D eigenvalue weighted by Crippen LogP contribution is -2.59. The van der Waals surface area contributed by atoms with Crippen LogP contribution in [0.5, 0.6) is 17.2 Å². The first-order chi connectivity index (χ1) is 54.9. The fraction of sp³-hybridized carbons (Fsp3) is 0.253. The summed E-state index contributed by atoms with van der Waals surface area (Å²) in [5, 5.41) is 21.9. The molecule has 4 bridgehead atoms. The lowest BCUT2D eigenvalue weighted by atomic mass is 10.1. The van der Waals surface area contributed by atoms with Crippen molar-refractivity contribution in [2.24, 2.45) is 0 Å². The van der Waals surface area contributed by atoms with Crippen molar-refractivity contribution in [3.63, 3.8) is 0 Å². The van der Waals surface area contributed by atoms with Crippen LogP contribution in [0.15, 0.2) is 180 Å². The van der Waals surface area contributed by atoms with E-state index >= 15 is 0 Å². The molecule has 5 aliphatic heterocycles. The topological polar surface area (TPSA) is 263 Å². The molecule has 1 unspecified atom stereocenters. The third-order valence-corrected chi connectivity index (χ3v) is 19.3. The lowest BCUT2D eigenvalue weighted by molar-refractivity contribution is 0.0601. The average molecular weight is 1610 g/mol. The van der Waals surface area contributed by atoms with Gasteiger partial charge in [-0.3, -0.25) is 72.2 Å². The predicted molar refractivity (Wildman–Crippen MR) is 392 cm³/mol. The van der Waals surface area contributed by atoms with Crippen molar-refractivity contribution in [3.05, 3.63) is 310 Å². The van der Waals surface area contributed by atoms with E-state index in [1.54, 1.807) is 116 Å². The second-order valence-corrected chi connectivity index (χ2v) is 26.5. The lowest BCUT2D eigenvalue weighted by Gasteiger charge is -2.44. The molecule has 4 N–H and O–H groups in total. The molecule has 6 amide bonds. The van der Waals surface area contributed by atoms with Crippen LogP contribution in [0.25, 0.3) is 0 Å². The number of nitrogens with zero attached hydrogens (tertiary/aromatic N) is 9. The summed E-state index contributed by atoms with van der Waals surface area (Å²) < 4.78 is 181. The van der Waals surface area contributed by atoms with Crippen LogP contribution in [-0.2, 0) is 32.8 Å². The van der Waals surface area contributed by atoms with E-state index < -0.39 is 230 Å². The number of fused-ring (bicyclic) bond motifs is 9. The fourth-order valence-corrected chi connectivity index (χ4v) is 12.8. The molecule has 8 aromatic rings. The number of amides is 6. The van der Waals surface area contributed by atoms with Crippen LogP contribution < -0.4 is 56.7 Å². The van der Waals surface area contributed by atoms with Gasteiger partial charge < -0.3 is 45.2 Å². The van der Waals surface area contributed by atoms with E-state index in [1.807, 2.05) is 0 Å². The number of rotatable bonds is 22. The monoisotopic (exact) mass is 1610 g/mol. The summed E-state index contributed by atoms with van der Waals surface area (Å²) in [6.07, 6.45) is 12.5. The Morgan fingerprint density at radius 3 is 1.22 bits per heavy atom. The van der Waals surface area contributed by atoms with Gasteiger partial charge in [-0.15, -0.1) is 13.2 Å². The van der Waals surface area contributed by atoms with E-state index in [-0.39, 0.29) is 50.6 Å². The molecule has 3 aromatic heterocycles. The minimum Gasteiger partial charge on any atom is -0.502 e. The number of ether oxygens (including phenoxy) is 2. The van der Waals surface area contributed by atoms with E-state index in [0.29, 0.717) is 47.5 Å². The molecule has 0 spiro atoms. The van der Waals surface area contributed by atoms with Crippen LogP contribution in [0.4, 0.5) is 52.7 Å². The van der Waals surface area contributed by atoms with Crippen molar-refractivity contribution in [2.45, 2.75) is 89.9 Å². The molecule has 24 nitrogen and oxygen atoms in total.